The van der Waals surface area contributed by atoms with Gasteiger partial charge in [-0.3, -0.25) is 0 Å². The molecule has 108 valence electrons. The first-order chi connectivity index (χ1) is 9.74. The fourth-order valence-electron chi connectivity index (χ4n) is 2.80. The predicted octanol–water partition coefficient (Wildman–Crippen LogP) is 2.66. The van der Waals surface area contributed by atoms with Gasteiger partial charge in [-0.2, -0.15) is 4.98 Å². The minimum atomic E-state index is 0.413. The number of hydrogen-bond donors (Lipinski definition) is 1. The monoisotopic (exact) mass is 292 g/mol. The summed E-state index contributed by atoms with van der Waals surface area (Å²) in [6.07, 6.45) is 5.22. The summed E-state index contributed by atoms with van der Waals surface area (Å²) >= 11 is 1.65. The summed E-state index contributed by atoms with van der Waals surface area (Å²) in [4.78, 5) is 8.98. The average Bonchev–Trinajstić information content (AvgIpc) is 3.09. The van der Waals surface area contributed by atoms with Crippen molar-refractivity contribution in [2.24, 2.45) is 11.7 Å². The van der Waals surface area contributed by atoms with Gasteiger partial charge >= 0.3 is 0 Å². The number of hydrogen-bond acceptors (Lipinski definition) is 6. The van der Waals surface area contributed by atoms with Crippen LogP contribution in [-0.4, -0.2) is 21.7 Å². The molecular weight excluding hydrogens is 272 g/mol. The van der Waals surface area contributed by atoms with Gasteiger partial charge in [0.2, 0.25) is 5.89 Å². The van der Waals surface area contributed by atoms with E-state index >= 15 is 0 Å². The van der Waals surface area contributed by atoms with Crippen LogP contribution >= 0.6 is 11.3 Å². The fraction of sp³-hybridized carbons (Fsp3) is 0.643. The zero-order valence-electron chi connectivity index (χ0n) is 11.7. The third kappa shape index (κ3) is 3.07. The Bertz CT molecular complexity index is 557. The van der Waals surface area contributed by atoms with E-state index in [1.807, 2.05) is 6.92 Å². The van der Waals surface area contributed by atoms with Crippen molar-refractivity contribution in [3.05, 3.63) is 27.8 Å². The van der Waals surface area contributed by atoms with Crippen molar-refractivity contribution in [1.82, 2.24) is 15.1 Å². The number of aryl methyl sites for hydroxylation is 1. The Morgan fingerprint density at radius 1 is 1.30 bits per heavy atom. The van der Waals surface area contributed by atoms with Crippen molar-refractivity contribution in [1.29, 1.82) is 0 Å². The molecule has 0 saturated heterocycles. The first-order valence-electron chi connectivity index (χ1n) is 7.18. The van der Waals surface area contributed by atoms with Crippen molar-refractivity contribution < 1.29 is 4.52 Å². The molecule has 1 aliphatic rings. The molecule has 0 atom stereocenters. The number of aromatic nitrogens is 3. The molecule has 0 aliphatic heterocycles. The maximum atomic E-state index is 5.72. The third-order valence-electron chi connectivity index (χ3n) is 4.02. The summed E-state index contributed by atoms with van der Waals surface area (Å²) in [6, 6.07) is 0. The lowest BCUT2D eigenvalue weighted by molar-refractivity contribution is 0.274. The molecule has 1 fully saturated rings. The molecule has 0 unspecified atom stereocenters. The molecule has 2 N–H and O–H groups in total. The Labute approximate surface area is 122 Å². The smallest absolute Gasteiger partial charge is 0.229 e. The van der Waals surface area contributed by atoms with E-state index in [1.165, 1.54) is 12.8 Å². The summed E-state index contributed by atoms with van der Waals surface area (Å²) in [6.45, 7) is 2.80. The van der Waals surface area contributed by atoms with Crippen molar-refractivity contribution in [3.63, 3.8) is 0 Å². The molecule has 2 heterocycles. The number of nitrogens with zero attached hydrogens (tertiary/aromatic N) is 3. The van der Waals surface area contributed by atoms with Crippen LogP contribution in [0.5, 0.6) is 0 Å². The van der Waals surface area contributed by atoms with Crippen molar-refractivity contribution in [3.8, 4) is 0 Å². The Morgan fingerprint density at radius 3 is 2.75 bits per heavy atom. The normalized spacial score (nSPS) is 23.1. The Hall–Kier alpha value is -1.27. The maximum absolute atomic E-state index is 5.72. The molecule has 0 spiro atoms. The van der Waals surface area contributed by atoms with Gasteiger partial charge < -0.3 is 10.3 Å². The molecule has 2 aromatic heterocycles. The lowest BCUT2D eigenvalue weighted by Gasteiger charge is -2.24. The Morgan fingerprint density at radius 2 is 2.10 bits per heavy atom. The minimum absolute atomic E-state index is 0.413. The minimum Gasteiger partial charge on any atom is -0.339 e. The summed E-state index contributed by atoms with van der Waals surface area (Å²) < 4.78 is 5.44. The standard InChI is InChI=1S/C14H20N4OS/c1-9-16-12(8-20-9)6-13-17-14(19-18-13)11-4-2-10(7-15)3-5-11/h8,10-11H,2-7,15H2,1H3. The molecule has 0 bridgehead atoms. The molecular formula is C14H20N4OS. The second kappa shape index (κ2) is 6.01. The molecule has 1 saturated carbocycles. The SMILES string of the molecule is Cc1nc(Cc2noc(C3CCC(CN)CC3)n2)cs1. The van der Waals surface area contributed by atoms with E-state index in [0.717, 1.165) is 41.8 Å². The molecule has 20 heavy (non-hydrogen) atoms. The highest BCUT2D eigenvalue weighted by Crippen LogP contribution is 2.34. The Kier molecular flexibility index (Phi) is 4.12. The van der Waals surface area contributed by atoms with Crippen LogP contribution in [0.3, 0.4) is 0 Å². The van der Waals surface area contributed by atoms with E-state index < -0.39 is 0 Å². The van der Waals surface area contributed by atoms with Crippen LogP contribution in [0, 0.1) is 12.8 Å². The molecule has 2 aromatic rings. The molecule has 5 nitrogen and oxygen atoms in total. The molecule has 3 rings (SSSR count). The van der Waals surface area contributed by atoms with Gasteiger partial charge in [-0.25, -0.2) is 4.98 Å². The predicted molar refractivity (Wildman–Crippen MR) is 77.7 cm³/mol. The van der Waals surface area contributed by atoms with E-state index in [0.29, 0.717) is 18.3 Å². The van der Waals surface area contributed by atoms with Gasteiger partial charge in [0.25, 0.3) is 0 Å². The summed E-state index contributed by atoms with van der Waals surface area (Å²) in [5, 5.41) is 7.22. The Balaban J connectivity index is 1.62. The van der Waals surface area contributed by atoms with Crippen LogP contribution < -0.4 is 5.73 Å². The van der Waals surface area contributed by atoms with Crippen LogP contribution in [0.25, 0.3) is 0 Å². The van der Waals surface area contributed by atoms with Crippen molar-refractivity contribution >= 4 is 11.3 Å². The van der Waals surface area contributed by atoms with Crippen molar-refractivity contribution in [2.45, 2.75) is 44.9 Å². The zero-order valence-corrected chi connectivity index (χ0v) is 12.5. The second-order valence-corrected chi connectivity index (χ2v) is 6.60. The first-order valence-corrected chi connectivity index (χ1v) is 8.06. The van der Waals surface area contributed by atoms with E-state index in [2.05, 4.69) is 20.5 Å². The van der Waals surface area contributed by atoms with Crippen LogP contribution in [0.2, 0.25) is 0 Å². The van der Waals surface area contributed by atoms with Crippen LogP contribution in [0.15, 0.2) is 9.90 Å². The molecule has 1 aliphatic carbocycles. The summed E-state index contributed by atoms with van der Waals surface area (Å²) in [5.74, 6) is 2.62. The van der Waals surface area contributed by atoms with Gasteiger partial charge in [-0.05, 0) is 45.1 Å². The van der Waals surface area contributed by atoms with Gasteiger partial charge in [0.15, 0.2) is 5.82 Å². The van der Waals surface area contributed by atoms with E-state index in [-0.39, 0.29) is 0 Å². The molecule has 0 aromatic carbocycles. The molecule has 0 radical (unpaired) electrons. The van der Waals surface area contributed by atoms with E-state index in [4.69, 9.17) is 10.3 Å². The summed E-state index contributed by atoms with van der Waals surface area (Å²) in [7, 11) is 0. The first kappa shape index (κ1) is 13.7. The fourth-order valence-corrected chi connectivity index (χ4v) is 3.41. The van der Waals surface area contributed by atoms with Crippen LogP contribution in [0.4, 0.5) is 0 Å². The third-order valence-corrected chi connectivity index (χ3v) is 4.84. The quantitative estimate of drug-likeness (QED) is 0.937. The summed E-state index contributed by atoms with van der Waals surface area (Å²) in [5.41, 5.74) is 6.74. The van der Waals surface area contributed by atoms with E-state index in [1.54, 1.807) is 11.3 Å². The topological polar surface area (TPSA) is 77.8 Å². The van der Waals surface area contributed by atoms with E-state index in [9.17, 15) is 0 Å². The molecule has 6 heteroatoms. The van der Waals surface area contributed by atoms with Gasteiger partial charge in [-0.15, -0.1) is 11.3 Å². The maximum Gasteiger partial charge on any atom is 0.229 e. The highest BCUT2D eigenvalue weighted by molar-refractivity contribution is 7.09. The highest BCUT2D eigenvalue weighted by atomic mass is 32.1. The van der Waals surface area contributed by atoms with Crippen LogP contribution in [-0.2, 0) is 6.42 Å². The van der Waals surface area contributed by atoms with Crippen LogP contribution in [0.1, 0.15) is 54.0 Å². The average molecular weight is 292 g/mol. The highest BCUT2D eigenvalue weighted by Gasteiger charge is 2.25. The number of thiazole rings is 1. The van der Waals surface area contributed by atoms with Gasteiger partial charge in [0.1, 0.15) is 0 Å². The second-order valence-electron chi connectivity index (χ2n) is 5.54. The number of nitrogens with two attached hydrogens (primary N) is 1. The van der Waals surface area contributed by atoms with Gasteiger partial charge in [0, 0.05) is 11.3 Å². The lowest BCUT2D eigenvalue weighted by atomic mass is 9.82. The van der Waals surface area contributed by atoms with Gasteiger partial charge in [0.05, 0.1) is 17.1 Å². The van der Waals surface area contributed by atoms with Crippen molar-refractivity contribution in [2.75, 3.05) is 6.54 Å². The lowest BCUT2D eigenvalue weighted by Crippen LogP contribution is -2.20. The molecule has 0 amide bonds. The number of rotatable bonds is 4. The largest absolute Gasteiger partial charge is 0.339 e. The van der Waals surface area contributed by atoms with Gasteiger partial charge in [-0.1, -0.05) is 5.16 Å². The zero-order chi connectivity index (χ0) is 13.9.